The van der Waals surface area contributed by atoms with Crippen LogP contribution in [0.2, 0.25) is 0 Å². The van der Waals surface area contributed by atoms with Crippen LogP contribution < -0.4 is 10.5 Å². The quantitative estimate of drug-likeness (QED) is 0.905. The number of nitrogens with one attached hydrogen (secondary N) is 1. The third-order valence-corrected chi connectivity index (χ3v) is 4.56. The highest BCUT2D eigenvalue weighted by Gasteiger charge is 2.15. The fraction of sp³-hybridized carbons (Fsp3) is 0.167. The Balaban J connectivity index is 2.30. The normalized spacial score (nSPS) is 13.2. The van der Waals surface area contributed by atoms with Crippen molar-refractivity contribution in [2.24, 2.45) is 5.14 Å². The van der Waals surface area contributed by atoms with Gasteiger partial charge < -0.3 is 5.32 Å². The zero-order valence-electron chi connectivity index (χ0n) is 9.83. The van der Waals surface area contributed by atoms with E-state index in [0.717, 1.165) is 4.88 Å². The lowest BCUT2D eigenvalue weighted by molar-refractivity contribution is 0.598. The van der Waals surface area contributed by atoms with Gasteiger partial charge in [-0.3, -0.25) is 0 Å². The van der Waals surface area contributed by atoms with Crippen LogP contribution in [0, 0.1) is 0 Å². The van der Waals surface area contributed by atoms with Crippen molar-refractivity contribution >= 4 is 27.0 Å². The third kappa shape index (κ3) is 2.90. The highest BCUT2D eigenvalue weighted by atomic mass is 32.2. The van der Waals surface area contributed by atoms with E-state index in [0.29, 0.717) is 5.69 Å². The lowest BCUT2D eigenvalue weighted by atomic mass is 10.2. The van der Waals surface area contributed by atoms with E-state index in [1.807, 2.05) is 24.4 Å². The van der Waals surface area contributed by atoms with Gasteiger partial charge in [0.2, 0.25) is 10.0 Å². The average molecular weight is 282 g/mol. The maximum atomic E-state index is 11.5. The lowest BCUT2D eigenvalue weighted by Crippen LogP contribution is -2.16. The minimum absolute atomic E-state index is 0.0351. The number of nitrogens with two attached hydrogens (primary N) is 1. The predicted molar refractivity (Wildman–Crippen MR) is 74.2 cm³/mol. The van der Waals surface area contributed by atoms with Gasteiger partial charge in [0.25, 0.3) is 0 Å². The molecule has 1 atom stereocenters. The van der Waals surface area contributed by atoms with Crippen molar-refractivity contribution < 1.29 is 8.42 Å². The van der Waals surface area contributed by atoms with Crippen molar-refractivity contribution in [1.82, 2.24) is 0 Å². The molecule has 1 unspecified atom stereocenters. The van der Waals surface area contributed by atoms with Crippen LogP contribution in [-0.4, -0.2) is 8.42 Å². The molecule has 2 aromatic rings. The van der Waals surface area contributed by atoms with Gasteiger partial charge in [0.15, 0.2) is 0 Å². The van der Waals surface area contributed by atoms with E-state index in [4.69, 9.17) is 5.14 Å². The molecule has 0 fully saturated rings. The first-order chi connectivity index (χ1) is 8.48. The summed E-state index contributed by atoms with van der Waals surface area (Å²) < 4.78 is 22.9. The molecule has 0 spiro atoms. The predicted octanol–water partition coefficient (Wildman–Crippen LogP) is 2.57. The van der Waals surface area contributed by atoms with E-state index in [9.17, 15) is 8.42 Å². The van der Waals surface area contributed by atoms with Crippen molar-refractivity contribution in [3.63, 3.8) is 0 Å². The molecule has 18 heavy (non-hydrogen) atoms. The van der Waals surface area contributed by atoms with Crippen molar-refractivity contribution in [2.75, 3.05) is 5.32 Å². The summed E-state index contributed by atoms with van der Waals surface area (Å²) in [6.45, 7) is 1.98. The Morgan fingerprint density at radius 2 is 1.94 bits per heavy atom. The largest absolute Gasteiger partial charge is 0.377 e. The van der Waals surface area contributed by atoms with Crippen LogP contribution in [0.25, 0.3) is 0 Å². The van der Waals surface area contributed by atoms with Gasteiger partial charge >= 0.3 is 0 Å². The molecule has 96 valence electrons. The van der Waals surface area contributed by atoms with E-state index < -0.39 is 10.0 Å². The molecule has 0 aliphatic rings. The van der Waals surface area contributed by atoms with Crippen LogP contribution in [0.3, 0.4) is 0 Å². The SMILES string of the molecule is CC(Nc1ccccc1S(N)(=O)=O)c1cccs1. The van der Waals surface area contributed by atoms with Gasteiger partial charge in [-0.25, -0.2) is 13.6 Å². The second-order valence-electron chi connectivity index (χ2n) is 3.92. The summed E-state index contributed by atoms with van der Waals surface area (Å²) in [4.78, 5) is 1.26. The summed E-state index contributed by atoms with van der Waals surface area (Å²) >= 11 is 1.62. The summed E-state index contributed by atoms with van der Waals surface area (Å²) in [5.41, 5.74) is 0.529. The molecule has 3 N–H and O–H groups in total. The van der Waals surface area contributed by atoms with Crippen molar-refractivity contribution in [1.29, 1.82) is 0 Å². The number of rotatable bonds is 4. The summed E-state index contributed by atoms with van der Waals surface area (Å²) in [5.74, 6) is 0. The van der Waals surface area contributed by atoms with Gasteiger partial charge in [-0.2, -0.15) is 0 Å². The standard InChI is InChI=1S/C12H14N2O2S2/c1-9(11-6-4-8-17-11)14-10-5-2-3-7-12(10)18(13,15)16/h2-9,14H,1H3,(H2,13,15,16). The zero-order chi connectivity index (χ0) is 13.2. The van der Waals surface area contributed by atoms with Crippen molar-refractivity contribution in [3.05, 3.63) is 46.7 Å². The Labute approximate surface area is 111 Å². The van der Waals surface area contributed by atoms with Gasteiger partial charge in [0.05, 0.1) is 11.7 Å². The number of hydrogen-bond donors (Lipinski definition) is 2. The Hall–Kier alpha value is -1.37. The van der Waals surface area contributed by atoms with E-state index in [1.165, 1.54) is 6.07 Å². The second-order valence-corrected chi connectivity index (χ2v) is 6.43. The topological polar surface area (TPSA) is 72.2 Å². The van der Waals surface area contributed by atoms with E-state index in [2.05, 4.69) is 5.32 Å². The summed E-state index contributed by atoms with van der Waals surface area (Å²) in [6.07, 6.45) is 0. The molecule has 6 heteroatoms. The number of primary sulfonamides is 1. The summed E-state index contributed by atoms with van der Waals surface area (Å²) in [6, 6.07) is 10.6. The molecule has 4 nitrogen and oxygen atoms in total. The maximum Gasteiger partial charge on any atom is 0.240 e. The Morgan fingerprint density at radius 1 is 1.22 bits per heavy atom. The Morgan fingerprint density at radius 3 is 2.56 bits per heavy atom. The fourth-order valence-electron chi connectivity index (χ4n) is 1.68. The fourth-order valence-corrected chi connectivity index (χ4v) is 3.11. The molecule has 0 bridgehead atoms. The van der Waals surface area contributed by atoms with Gasteiger partial charge in [-0.15, -0.1) is 11.3 Å². The zero-order valence-corrected chi connectivity index (χ0v) is 11.5. The molecule has 2 rings (SSSR count). The molecule has 1 heterocycles. The van der Waals surface area contributed by atoms with Gasteiger partial charge in [-0.1, -0.05) is 18.2 Å². The highest BCUT2D eigenvalue weighted by Crippen LogP contribution is 2.26. The first kappa shape index (κ1) is 13.1. The highest BCUT2D eigenvalue weighted by molar-refractivity contribution is 7.89. The molecule has 1 aromatic heterocycles. The maximum absolute atomic E-state index is 11.5. The molecule has 0 aliphatic heterocycles. The van der Waals surface area contributed by atoms with Gasteiger partial charge in [0.1, 0.15) is 4.90 Å². The van der Waals surface area contributed by atoms with E-state index in [-0.39, 0.29) is 10.9 Å². The molecular formula is C12H14N2O2S2. The molecule has 1 aromatic carbocycles. The van der Waals surface area contributed by atoms with Crippen LogP contribution in [0.5, 0.6) is 0 Å². The summed E-state index contributed by atoms with van der Waals surface area (Å²) in [5, 5.41) is 10.3. The number of anilines is 1. The minimum atomic E-state index is -3.71. The van der Waals surface area contributed by atoms with E-state index in [1.54, 1.807) is 29.5 Å². The number of hydrogen-bond acceptors (Lipinski definition) is 4. The van der Waals surface area contributed by atoms with E-state index >= 15 is 0 Å². The second kappa shape index (κ2) is 5.09. The molecule has 0 saturated heterocycles. The Bertz CT molecular complexity index is 621. The molecule has 0 amide bonds. The monoisotopic (exact) mass is 282 g/mol. The van der Waals surface area contributed by atoms with Gasteiger partial charge in [0, 0.05) is 4.88 Å². The van der Waals surface area contributed by atoms with Crippen molar-refractivity contribution in [3.8, 4) is 0 Å². The van der Waals surface area contributed by atoms with Crippen LogP contribution in [-0.2, 0) is 10.0 Å². The lowest BCUT2D eigenvalue weighted by Gasteiger charge is -2.16. The first-order valence-corrected chi connectivity index (χ1v) is 7.83. The summed E-state index contributed by atoms with van der Waals surface area (Å²) in [7, 11) is -3.71. The average Bonchev–Trinajstić information content (AvgIpc) is 2.81. The van der Waals surface area contributed by atoms with Crippen molar-refractivity contribution in [2.45, 2.75) is 17.9 Å². The molecular weight excluding hydrogens is 268 g/mol. The molecule has 0 radical (unpaired) electrons. The molecule has 0 aliphatic carbocycles. The van der Waals surface area contributed by atoms with Crippen LogP contribution in [0.1, 0.15) is 17.8 Å². The molecule has 0 saturated carbocycles. The van der Waals surface area contributed by atoms with Crippen LogP contribution >= 0.6 is 11.3 Å². The first-order valence-electron chi connectivity index (χ1n) is 5.40. The third-order valence-electron chi connectivity index (χ3n) is 2.54. The number of benzene rings is 1. The van der Waals surface area contributed by atoms with Crippen LogP contribution in [0.15, 0.2) is 46.7 Å². The van der Waals surface area contributed by atoms with Gasteiger partial charge in [-0.05, 0) is 30.5 Å². The minimum Gasteiger partial charge on any atom is -0.377 e. The van der Waals surface area contributed by atoms with Crippen LogP contribution in [0.4, 0.5) is 5.69 Å². The number of sulfonamides is 1. The number of thiophene rings is 1. The smallest absolute Gasteiger partial charge is 0.240 e. The Kier molecular flexibility index (Phi) is 3.70. The number of para-hydroxylation sites is 1.